The third-order valence-electron chi connectivity index (χ3n) is 4.55. The topological polar surface area (TPSA) is 54.9 Å². The lowest BCUT2D eigenvalue weighted by Crippen LogP contribution is -2.38. The Balaban J connectivity index is 0.00000288. The van der Waals surface area contributed by atoms with Crippen LogP contribution in [0.15, 0.2) is 4.99 Å². The van der Waals surface area contributed by atoms with E-state index in [4.69, 9.17) is 9.47 Å². The smallest absolute Gasteiger partial charge is 0.190 e. The van der Waals surface area contributed by atoms with Crippen LogP contribution in [0.3, 0.4) is 0 Å². The molecular formula is C18H36IN3O2. The van der Waals surface area contributed by atoms with Gasteiger partial charge in [-0.25, -0.2) is 0 Å². The van der Waals surface area contributed by atoms with Crippen molar-refractivity contribution in [3.05, 3.63) is 0 Å². The lowest BCUT2D eigenvalue weighted by molar-refractivity contribution is 0.0277. The summed E-state index contributed by atoms with van der Waals surface area (Å²) in [4.78, 5) is 4.24. The maximum atomic E-state index is 5.93. The van der Waals surface area contributed by atoms with Crippen molar-refractivity contribution in [2.24, 2.45) is 10.9 Å². The number of aliphatic imine (C=N–C) groups is 1. The summed E-state index contributed by atoms with van der Waals surface area (Å²) in [5, 5.41) is 6.68. The van der Waals surface area contributed by atoms with E-state index in [1.54, 1.807) is 0 Å². The first-order valence-electron chi connectivity index (χ1n) is 9.52. The Bertz CT molecular complexity index is 332. The van der Waals surface area contributed by atoms with Crippen molar-refractivity contribution < 1.29 is 9.47 Å². The number of hydrogen-bond acceptors (Lipinski definition) is 3. The third-order valence-corrected chi connectivity index (χ3v) is 4.55. The molecule has 0 radical (unpaired) electrons. The lowest BCUT2D eigenvalue weighted by atomic mass is 9.98. The number of rotatable bonds is 11. The van der Waals surface area contributed by atoms with Crippen molar-refractivity contribution >= 4 is 29.9 Å². The second kappa shape index (κ2) is 14.1. The Morgan fingerprint density at radius 1 is 0.958 bits per heavy atom. The largest absolute Gasteiger partial charge is 0.381 e. The van der Waals surface area contributed by atoms with Gasteiger partial charge in [-0.1, -0.05) is 19.3 Å². The van der Waals surface area contributed by atoms with Gasteiger partial charge in [0.2, 0.25) is 0 Å². The molecule has 0 aromatic heterocycles. The maximum absolute atomic E-state index is 5.93. The first-order chi connectivity index (χ1) is 11.4. The van der Waals surface area contributed by atoms with Gasteiger partial charge in [-0.2, -0.15) is 0 Å². The van der Waals surface area contributed by atoms with E-state index in [0.717, 1.165) is 57.6 Å². The van der Waals surface area contributed by atoms with E-state index in [2.05, 4.69) is 15.6 Å². The molecular weight excluding hydrogens is 417 g/mol. The summed E-state index contributed by atoms with van der Waals surface area (Å²) in [5.74, 6) is 1.73. The van der Waals surface area contributed by atoms with Gasteiger partial charge in [0.1, 0.15) is 0 Å². The van der Waals surface area contributed by atoms with Gasteiger partial charge < -0.3 is 20.1 Å². The molecule has 2 aliphatic carbocycles. The van der Waals surface area contributed by atoms with E-state index in [9.17, 15) is 0 Å². The van der Waals surface area contributed by atoms with Crippen molar-refractivity contribution in [1.82, 2.24) is 10.6 Å². The van der Waals surface area contributed by atoms with E-state index < -0.39 is 0 Å². The summed E-state index contributed by atoms with van der Waals surface area (Å²) in [6.45, 7) is 4.46. The minimum atomic E-state index is 0. The molecule has 0 bridgehead atoms. The van der Waals surface area contributed by atoms with Crippen LogP contribution >= 0.6 is 24.0 Å². The predicted octanol–water partition coefficient (Wildman–Crippen LogP) is 3.33. The molecule has 24 heavy (non-hydrogen) atoms. The van der Waals surface area contributed by atoms with Gasteiger partial charge in [-0.05, 0) is 44.4 Å². The van der Waals surface area contributed by atoms with Crippen LogP contribution in [0.5, 0.6) is 0 Å². The minimum absolute atomic E-state index is 0. The van der Waals surface area contributed by atoms with Gasteiger partial charge in [-0.15, -0.1) is 24.0 Å². The zero-order chi connectivity index (χ0) is 16.2. The van der Waals surface area contributed by atoms with Crippen LogP contribution in [-0.2, 0) is 9.47 Å². The fourth-order valence-electron chi connectivity index (χ4n) is 2.90. The van der Waals surface area contributed by atoms with Crippen molar-refractivity contribution in [3.8, 4) is 0 Å². The first-order valence-corrected chi connectivity index (χ1v) is 9.52. The number of ether oxygens (including phenoxy) is 2. The summed E-state index contributed by atoms with van der Waals surface area (Å²) in [5.41, 5.74) is 0. The molecule has 0 amide bonds. The Kier molecular flexibility index (Phi) is 12.9. The van der Waals surface area contributed by atoms with Crippen LogP contribution in [0.1, 0.15) is 57.8 Å². The molecule has 0 atom stereocenters. The molecule has 0 spiro atoms. The van der Waals surface area contributed by atoms with Crippen LogP contribution in [0.4, 0.5) is 0 Å². The molecule has 0 aromatic rings. The van der Waals surface area contributed by atoms with Gasteiger partial charge in [-0.3, -0.25) is 4.99 Å². The zero-order valence-electron chi connectivity index (χ0n) is 15.2. The quantitative estimate of drug-likeness (QED) is 0.218. The Hall–Kier alpha value is -0.0800. The van der Waals surface area contributed by atoms with Gasteiger partial charge in [0.05, 0.1) is 6.10 Å². The van der Waals surface area contributed by atoms with Gasteiger partial charge in [0.25, 0.3) is 0 Å². The Morgan fingerprint density at radius 2 is 1.62 bits per heavy atom. The van der Waals surface area contributed by atoms with E-state index in [1.165, 1.54) is 44.9 Å². The van der Waals surface area contributed by atoms with E-state index in [1.807, 2.05) is 7.05 Å². The highest BCUT2D eigenvalue weighted by Gasteiger charge is 2.20. The molecule has 2 N–H and O–H groups in total. The van der Waals surface area contributed by atoms with Crippen molar-refractivity contribution in [3.63, 3.8) is 0 Å². The highest BCUT2D eigenvalue weighted by molar-refractivity contribution is 14.0. The van der Waals surface area contributed by atoms with E-state index in [0.29, 0.717) is 6.10 Å². The average molecular weight is 453 g/mol. The summed E-state index contributed by atoms with van der Waals surface area (Å²) in [6.07, 6.45) is 11.8. The molecule has 2 fully saturated rings. The van der Waals surface area contributed by atoms with Gasteiger partial charge in [0, 0.05) is 40.0 Å². The highest BCUT2D eigenvalue weighted by Crippen LogP contribution is 2.28. The van der Waals surface area contributed by atoms with E-state index in [-0.39, 0.29) is 24.0 Å². The first kappa shape index (κ1) is 22.0. The van der Waals surface area contributed by atoms with Gasteiger partial charge in [0.15, 0.2) is 5.96 Å². The zero-order valence-corrected chi connectivity index (χ0v) is 17.6. The monoisotopic (exact) mass is 453 g/mol. The normalized spacial score (nSPS) is 19.0. The highest BCUT2D eigenvalue weighted by atomic mass is 127. The molecule has 0 aliphatic heterocycles. The summed E-state index contributed by atoms with van der Waals surface area (Å²) in [6, 6.07) is 0. The minimum Gasteiger partial charge on any atom is -0.381 e. The fraction of sp³-hybridized carbons (Fsp3) is 0.944. The number of guanidine groups is 1. The molecule has 2 saturated carbocycles. The van der Waals surface area contributed by atoms with Crippen molar-refractivity contribution in [1.29, 1.82) is 0 Å². The number of nitrogens with one attached hydrogen (secondary N) is 2. The summed E-state index contributed by atoms with van der Waals surface area (Å²) >= 11 is 0. The van der Waals surface area contributed by atoms with Crippen molar-refractivity contribution in [2.75, 3.05) is 40.0 Å². The predicted molar refractivity (Wildman–Crippen MR) is 110 cm³/mol. The van der Waals surface area contributed by atoms with Crippen LogP contribution in [-0.4, -0.2) is 52.0 Å². The van der Waals surface area contributed by atoms with Gasteiger partial charge >= 0.3 is 0 Å². The second-order valence-corrected chi connectivity index (χ2v) is 6.78. The molecule has 0 unspecified atom stereocenters. The number of hydrogen-bond donors (Lipinski definition) is 2. The molecule has 0 saturated heterocycles. The van der Waals surface area contributed by atoms with Crippen LogP contribution in [0.25, 0.3) is 0 Å². The molecule has 5 nitrogen and oxygen atoms in total. The van der Waals surface area contributed by atoms with Crippen LogP contribution in [0, 0.1) is 5.92 Å². The number of halogens is 1. The third kappa shape index (κ3) is 10.7. The van der Waals surface area contributed by atoms with Crippen LogP contribution < -0.4 is 10.6 Å². The molecule has 6 heteroatoms. The maximum Gasteiger partial charge on any atom is 0.190 e. The molecule has 142 valence electrons. The fourth-order valence-corrected chi connectivity index (χ4v) is 2.90. The standard InChI is InChI=1S/C18H35N3O2.HI/c1-19-18(20-11-5-13-22-15-16-9-10-16)21-12-6-14-23-17-7-3-2-4-8-17;/h16-17H,2-15H2,1H3,(H2,19,20,21);1H. The number of nitrogens with zero attached hydrogens (tertiary/aromatic N) is 1. The average Bonchev–Trinajstić information content (AvgIpc) is 3.41. The summed E-state index contributed by atoms with van der Waals surface area (Å²) in [7, 11) is 1.82. The van der Waals surface area contributed by atoms with Crippen LogP contribution in [0.2, 0.25) is 0 Å². The SMILES string of the molecule is CN=C(NCCCOCC1CC1)NCCCOC1CCCCC1.I. The second-order valence-electron chi connectivity index (χ2n) is 6.78. The molecule has 0 heterocycles. The Labute approximate surface area is 164 Å². The summed E-state index contributed by atoms with van der Waals surface area (Å²) < 4.78 is 11.6. The van der Waals surface area contributed by atoms with Crippen molar-refractivity contribution in [2.45, 2.75) is 63.9 Å². The molecule has 2 rings (SSSR count). The van der Waals surface area contributed by atoms with E-state index >= 15 is 0 Å². The Morgan fingerprint density at radius 3 is 2.25 bits per heavy atom. The molecule has 2 aliphatic rings. The molecule has 0 aromatic carbocycles. The lowest BCUT2D eigenvalue weighted by Gasteiger charge is -2.22.